The van der Waals surface area contributed by atoms with Crippen molar-refractivity contribution in [1.29, 1.82) is 0 Å². The van der Waals surface area contributed by atoms with E-state index in [2.05, 4.69) is 5.10 Å². The second-order valence-electron chi connectivity index (χ2n) is 5.85. The molecule has 1 aromatic heterocycles. The van der Waals surface area contributed by atoms with E-state index in [1.807, 2.05) is 30.3 Å². The van der Waals surface area contributed by atoms with Crippen LogP contribution in [0.25, 0.3) is 11.3 Å². The molecule has 134 valence electrons. The fourth-order valence-electron chi connectivity index (χ4n) is 2.60. The van der Waals surface area contributed by atoms with Gasteiger partial charge in [-0.05, 0) is 29.3 Å². The van der Waals surface area contributed by atoms with Crippen LogP contribution in [0.4, 0.5) is 0 Å². The van der Waals surface area contributed by atoms with Crippen molar-refractivity contribution in [3.05, 3.63) is 71.9 Å². The van der Waals surface area contributed by atoms with E-state index in [9.17, 15) is 13.2 Å². The fourth-order valence-corrected chi connectivity index (χ4v) is 3.23. The van der Waals surface area contributed by atoms with Gasteiger partial charge in [-0.2, -0.15) is 5.10 Å². The number of carbonyl (C=O) groups excluding carboxylic acids is 1. The molecule has 0 aliphatic carbocycles. The zero-order valence-electron chi connectivity index (χ0n) is 14.4. The van der Waals surface area contributed by atoms with Gasteiger partial charge in [-0.15, -0.1) is 0 Å². The van der Waals surface area contributed by atoms with Crippen molar-refractivity contribution in [2.45, 2.75) is 11.4 Å². The number of rotatable bonds is 5. The number of methoxy groups -OCH3 is 1. The molecule has 0 N–H and O–H groups in total. The first kappa shape index (κ1) is 17.9. The lowest BCUT2D eigenvalue weighted by atomic mass is 10.1. The van der Waals surface area contributed by atoms with Crippen molar-refractivity contribution >= 4 is 15.8 Å². The lowest BCUT2D eigenvalue weighted by molar-refractivity contribution is 0.0593. The van der Waals surface area contributed by atoms with E-state index in [0.717, 1.165) is 17.4 Å². The summed E-state index contributed by atoms with van der Waals surface area (Å²) < 4.78 is 29.8. The van der Waals surface area contributed by atoms with Crippen LogP contribution in [0.1, 0.15) is 16.1 Å². The number of ether oxygens (including phenoxy) is 1. The van der Waals surface area contributed by atoms with E-state index in [0.29, 0.717) is 12.2 Å². The highest BCUT2D eigenvalue weighted by atomic mass is 32.2. The van der Waals surface area contributed by atoms with Crippen LogP contribution >= 0.6 is 0 Å². The van der Waals surface area contributed by atoms with Crippen molar-refractivity contribution in [1.82, 2.24) is 9.78 Å². The van der Waals surface area contributed by atoms with Gasteiger partial charge in [0.1, 0.15) is 0 Å². The number of carbonyl (C=O) groups is 1. The Kier molecular flexibility index (Phi) is 4.90. The highest BCUT2D eigenvalue weighted by Gasteiger charge is 2.17. The van der Waals surface area contributed by atoms with Gasteiger partial charge >= 0.3 is 5.97 Å². The van der Waals surface area contributed by atoms with Gasteiger partial charge in [0, 0.05) is 6.26 Å². The third-order valence-corrected chi connectivity index (χ3v) is 5.06. The number of esters is 1. The molecule has 0 unspecified atom stereocenters. The predicted molar refractivity (Wildman–Crippen MR) is 97.7 cm³/mol. The molecule has 0 radical (unpaired) electrons. The van der Waals surface area contributed by atoms with E-state index >= 15 is 0 Å². The molecule has 3 aromatic rings. The van der Waals surface area contributed by atoms with E-state index in [4.69, 9.17) is 4.74 Å². The largest absolute Gasteiger partial charge is 0.464 e. The molecule has 3 rings (SSSR count). The Labute approximate surface area is 152 Å². The maximum atomic E-state index is 11.9. The second kappa shape index (κ2) is 7.13. The smallest absolute Gasteiger partial charge is 0.358 e. The maximum absolute atomic E-state index is 11.9. The predicted octanol–water partition coefficient (Wildman–Crippen LogP) is 2.79. The minimum absolute atomic E-state index is 0.200. The molecule has 0 saturated heterocycles. The van der Waals surface area contributed by atoms with Gasteiger partial charge < -0.3 is 4.74 Å². The molecule has 0 fully saturated rings. The van der Waals surface area contributed by atoms with Crippen LogP contribution in [0.15, 0.2) is 65.6 Å². The van der Waals surface area contributed by atoms with Crippen molar-refractivity contribution in [3.63, 3.8) is 0 Å². The Bertz CT molecular complexity index is 1020. The zero-order valence-corrected chi connectivity index (χ0v) is 15.2. The van der Waals surface area contributed by atoms with Crippen LogP contribution in [-0.4, -0.2) is 37.5 Å². The molecule has 7 heteroatoms. The van der Waals surface area contributed by atoms with Gasteiger partial charge in [0.15, 0.2) is 15.5 Å². The number of hydrogen-bond donors (Lipinski definition) is 0. The lowest BCUT2D eigenvalue weighted by Gasteiger charge is -2.08. The molecule has 26 heavy (non-hydrogen) atoms. The lowest BCUT2D eigenvalue weighted by Crippen LogP contribution is -2.07. The van der Waals surface area contributed by atoms with Crippen molar-refractivity contribution in [2.75, 3.05) is 13.4 Å². The summed E-state index contributed by atoms with van der Waals surface area (Å²) >= 11 is 0. The van der Waals surface area contributed by atoms with Crippen molar-refractivity contribution in [3.8, 4) is 11.3 Å². The summed E-state index contributed by atoms with van der Waals surface area (Å²) in [5.74, 6) is -0.522. The van der Waals surface area contributed by atoms with Crippen molar-refractivity contribution < 1.29 is 17.9 Å². The monoisotopic (exact) mass is 370 g/mol. The third-order valence-electron chi connectivity index (χ3n) is 3.93. The number of benzene rings is 2. The Balaban J connectivity index is 2.04. The van der Waals surface area contributed by atoms with Gasteiger partial charge in [0.25, 0.3) is 0 Å². The molecule has 0 aliphatic heterocycles. The molecule has 0 spiro atoms. The summed E-state index contributed by atoms with van der Waals surface area (Å²) in [5, 5.41) is 4.35. The highest BCUT2D eigenvalue weighted by molar-refractivity contribution is 7.90. The van der Waals surface area contributed by atoms with Gasteiger partial charge in [-0.25, -0.2) is 13.2 Å². The SMILES string of the molecule is COC(=O)c1cc(-c2ccc(S(C)(=O)=O)cc2)n(Cc2ccccc2)n1. The molecule has 2 aromatic carbocycles. The van der Waals surface area contributed by atoms with E-state index < -0.39 is 15.8 Å². The van der Waals surface area contributed by atoms with Gasteiger partial charge in [0.2, 0.25) is 0 Å². The summed E-state index contributed by atoms with van der Waals surface area (Å²) in [7, 11) is -1.96. The Hall–Kier alpha value is -2.93. The minimum atomic E-state index is -3.27. The van der Waals surface area contributed by atoms with Crippen LogP contribution < -0.4 is 0 Å². The van der Waals surface area contributed by atoms with Gasteiger partial charge in [-0.3, -0.25) is 4.68 Å². The molecule has 6 nitrogen and oxygen atoms in total. The van der Waals surface area contributed by atoms with Gasteiger partial charge in [-0.1, -0.05) is 42.5 Å². The number of aromatic nitrogens is 2. The maximum Gasteiger partial charge on any atom is 0.358 e. The fraction of sp³-hybridized carbons (Fsp3) is 0.158. The number of hydrogen-bond acceptors (Lipinski definition) is 5. The number of nitrogens with zero attached hydrogens (tertiary/aromatic N) is 2. The molecule has 1 heterocycles. The minimum Gasteiger partial charge on any atom is -0.464 e. The van der Waals surface area contributed by atoms with Crippen LogP contribution in [0.2, 0.25) is 0 Å². The molecular weight excluding hydrogens is 352 g/mol. The first-order chi connectivity index (χ1) is 12.4. The summed E-state index contributed by atoms with van der Waals surface area (Å²) in [5.41, 5.74) is 2.69. The van der Waals surface area contributed by atoms with Crippen LogP contribution in [-0.2, 0) is 21.1 Å². The van der Waals surface area contributed by atoms with Gasteiger partial charge in [0.05, 0.1) is 24.2 Å². The highest BCUT2D eigenvalue weighted by Crippen LogP contribution is 2.24. The molecule has 0 amide bonds. The van der Waals surface area contributed by atoms with E-state index in [1.165, 1.54) is 7.11 Å². The van der Waals surface area contributed by atoms with E-state index in [-0.39, 0.29) is 10.6 Å². The molecular formula is C19H18N2O4S. The average Bonchev–Trinajstić information content (AvgIpc) is 3.05. The summed E-state index contributed by atoms with van der Waals surface area (Å²) in [6.07, 6.45) is 1.16. The average molecular weight is 370 g/mol. The Morgan fingerprint density at radius 1 is 1.08 bits per heavy atom. The molecule has 0 aliphatic rings. The second-order valence-corrected chi connectivity index (χ2v) is 7.86. The van der Waals surface area contributed by atoms with E-state index in [1.54, 1.807) is 35.0 Å². The zero-order chi connectivity index (χ0) is 18.7. The van der Waals surface area contributed by atoms with Crippen LogP contribution in [0.3, 0.4) is 0 Å². The van der Waals surface area contributed by atoms with Crippen molar-refractivity contribution in [2.24, 2.45) is 0 Å². The summed E-state index contributed by atoms with van der Waals surface area (Å²) in [6.45, 7) is 0.473. The Morgan fingerprint density at radius 2 is 1.73 bits per heavy atom. The molecule has 0 bridgehead atoms. The molecule has 0 saturated carbocycles. The topological polar surface area (TPSA) is 78.3 Å². The summed E-state index contributed by atoms with van der Waals surface area (Å²) in [6, 6.07) is 17.9. The standard InChI is InChI=1S/C19H18N2O4S/c1-25-19(22)17-12-18(15-8-10-16(11-9-15)26(2,23)24)21(20-17)13-14-6-4-3-5-7-14/h3-12H,13H2,1-2H3. The normalized spacial score (nSPS) is 11.3. The quantitative estimate of drug-likeness (QED) is 0.646. The van der Waals surface area contributed by atoms with Crippen LogP contribution in [0.5, 0.6) is 0 Å². The number of sulfone groups is 1. The molecule has 0 atom stereocenters. The van der Waals surface area contributed by atoms with Crippen LogP contribution in [0, 0.1) is 0 Å². The third kappa shape index (κ3) is 3.83. The Morgan fingerprint density at radius 3 is 2.31 bits per heavy atom. The first-order valence-corrected chi connectivity index (χ1v) is 9.78. The first-order valence-electron chi connectivity index (χ1n) is 7.89. The summed E-state index contributed by atoms with van der Waals surface area (Å²) in [4.78, 5) is 12.1.